The van der Waals surface area contributed by atoms with Gasteiger partial charge in [-0.15, -0.1) is 0 Å². The lowest BCUT2D eigenvalue weighted by Gasteiger charge is -2.06. The summed E-state index contributed by atoms with van der Waals surface area (Å²) in [6.45, 7) is 8.53. The lowest BCUT2D eigenvalue weighted by atomic mass is 9.99. The van der Waals surface area contributed by atoms with Gasteiger partial charge in [-0.3, -0.25) is 5.87 Å². The third-order valence-electron chi connectivity index (χ3n) is 2.06. The Morgan fingerprint density at radius 2 is 2.00 bits per heavy atom. The molecule has 0 aliphatic rings. The molecular formula is C13H8N3-. The average molecular weight is 206 g/mol. The molecule has 3 nitrogen and oxygen atoms in total. The van der Waals surface area contributed by atoms with Crippen LogP contribution in [0.3, 0.4) is 0 Å². The van der Waals surface area contributed by atoms with Crippen molar-refractivity contribution in [3.8, 4) is 6.07 Å². The van der Waals surface area contributed by atoms with E-state index in [0.29, 0.717) is 16.7 Å². The molecule has 0 heterocycles. The van der Waals surface area contributed by atoms with Crippen LogP contribution in [-0.4, -0.2) is 5.87 Å². The van der Waals surface area contributed by atoms with Crippen molar-refractivity contribution in [2.24, 2.45) is 0 Å². The molecule has 1 aromatic carbocycles. The van der Waals surface area contributed by atoms with Gasteiger partial charge in [-0.25, -0.2) is 4.85 Å². The Labute approximate surface area is 94.3 Å². The molecule has 0 saturated heterocycles. The van der Waals surface area contributed by atoms with E-state index in [1.54, 1.807) is 31.2 Å². The minimum absolute atomic E-state index is 0.0507. The van der Waals surface area contributed by atoms with Gasteiger partial charge >= 0.3 is 0 Å². The Morgan fingerprint density at radius 1 is 1.38 bits per heavy atom. The zero-order valence-electron chi connectivity index (χ0n) is 8.73. The van der Waals surface area contributed by atoms with Crippen LogP contribution >= 0.6 is 0 Å². The highest BCUT2D eigenvalue weighted by Crippen LogP contribution is 2.25. The SMILES string of the molecule is [C-]#[N+]C(=C=[N-])C(=C(C)C#N)c1ccccc1. The highest BCUT2D eigenvalue weighted by Gasteiger charge is 2.09. The Kier molecular flexibility index (Phi) is 3.81. The molecule has 0 atom stereocenters. The molecule has 0 N–H and O–H groups in total. The van der Waals surface area contributed by atoms with E-state index in [1.807, 2.05) is 18.0 Å². The van der Waals surface area contributed by atoms with E-state index in [1.165, 1.54) is 0 Å². The molecule has 0 spiro atoms. The normalized spacial score (nSPS) is 10.4. The first-order valence-corrected chi connectivity index (χ1v) is 4.56. The molecule has 1 rings (SSSR count). The summed E-state index contributed by atoms with van der Waals surface area (Å²) in [4.78, 5) is 3.15. The van der Waals surface area contributed by atoms with Crippen molar-refractivity contribution >= 4 is 11.4 Å². The van der Waals surface area contributed by atoms with Gasteiger partial charge in [-0.05, 0) is 12.5 Å². The molecule has 76 valence electrons. The monoisotopic (exact) mass is 206 g/mol. The first kappa shape index (κ1) is 11.5. The van der Waals surface area contributed by atoms with Crippen LogP contribution in [0.4, 0.5) is 0 Å². The molecule has 3 heteroatoms. The Hall–Kier alpha value is -2.61. The second-order valence-corrected chi connectivity index (χ2v) is 3.05. The van der Waals surface area contributed by atoms with Gasteiger partial charge in [0.1, 0.15) is 0 Å². The molecule has 0 amide bonds. The highest BCUT2D eigenvalue weighted by molar-refractivity contribution is 5.93. The molecular weight excluding hydrogens is 198 g/mol. The van der Waals surface area contributed by atoms with Gasteiger partial charge in [-0.2, -0.15) is 5.26 Å². The van der Waals surface area contributed by atoms with Crippen molar-refractivity contribution in [1.29, 1.82) is 5.26 Å². The Balaban J connectivity index is 3.50. The van der Waals surface area contributed by atoms with Gasteiger partial charge in [0.15, 0.2) is 0 Å². The largest absolute Gasteiger partial charge is 0.775 e. The summed E-state index contributed by atoms with van der Waals surface area (Å²) in [5, 5.41) is 17.7. The highest BCUT2D eigenvalue weighted by atomic mass is 14.7. The molecule has 16 heavy (non-hydrogen) atoms. The van der Waals surface area contributed by atoms with Crippen LogP contribution in [0.15, 0.2) is 41.6 Å². The summed E-state index contributed by atoms with van der Waals surface area (Å²) in [5.74, 6) is 1.82. The van der Waals surface area contributed by atoms with Crippen LogP contribution in [-0.2, 0) is 0 Å². The maximum absolute atomic E-state index is 8.87. The minimum atomic E-state index is -0.0507. The molecule has 0 unspecified atom stereocenters. The predicted molar refractivity (Wildman–Crippen MR) is 63.1 cm³/mol. The Morgan fingerprint density at radius 3 is 2.44 bits per heavy atom. The van der Waals surface area contributed by atoms with E-state index in [-0.39, 0.29) is 5.70 Å². The minimum Gasteiger partial charge on any atom is -0.775 e. The fourth-order valence-corrected chi connectivity index (χ4v) is 1.33. The number of nitriles is 1. The molecule has 0 aromatic heterocycles. The summed E-state index contributed by atoms with van der Waals surface area (Å²) >= 11 is 0. The topological polar surface area (TPSA) is 50.5 Å². The van der Waals surface area contributed by atoms with Gasteiger partial charge in [0.2, 0.25) is 5.70 Å². The molecule has 0 saturated carbocycles. The first-order chi connectivity index (χ1) is 7.74. The van der Waals surface area contributed by atoms with Crippen LogP contribution in [0.25, 0.3) is 15.8 Å². The van der Waals surface area contributed by atoms with Crippen LogP contribution in [0, 0.1) is 17.9 Å². The van der Waals surface area contributed by atoms with Gasteiger partial charge in [-0.1, -0.05) is 30.3 Å². The molecule has 0 aliphatic heterocycles. The van der Waals surface area contributed by atoms with E-state index in [2.05, 4.69) is 4.85 Å². The molecule has 0 fully saturated rings. The summed E-state index contributed by atoms with van der Waals surface area (Å²) in [6, 6.07) is 11.0. The molecule has 0 aliphatic carbocycles. The van der Waals surface area contributed by atoms with Gasteiger partial charge in [0.25, 0.3) is 0 Å². The van der Waals surface area contributed by atoms with E-state index in [9.17, 15) is 0 Å². The van der Waals surface area contributed by atoms with E-state index in [0.717, 1.165) is 0 Å². The average Bonchev–Trinajstić information content (AvgIpc) is 2.36. The zero-order chi connectivity index (χ0) is 12.0. The van der Waals surface area contributed by atoms with Crippen molar-refractivity contribution in [1.82, 2.24) is 0 Å². The van der Waals surface area contributed by atoms with Crippen molar-refractivity contribution < 1.29 is 0 Å². The molecule has 1 aromatic rings. The summed E-state index contributed by atoms with van der Waals surface area (Å²) in [7, 11) is 0. The molecule has 0 bridgehead atoms. The van der Waals surface area contributed by atoms with Gasteiger partial charge < -0.3 is 5.41 Å². The summed E-state index contributed by atoms with van der Waals surface area (Å²) < 4.78 is 0. The van der Waals surface area contributed by atoms with Crippen LogP contribution in [0.1, 0.15) is 12.5 Å². The summed E-state index contributed by atoms with van der Waals surface area (Å²) in [5.41, 5.74) is 1.46. The van der Waals surface area contributed by atoms with Crippen molar-refractivity contribution in [2.75, 3.05) is 0 Å². The number of nitrogens with zero attached hydrogens (tertiary/aromatic N) is 3. The first-order valence-electron chi connectivity index (χ1n) is 4.56. The third kappa shape index (κ3) is 2.25. The number of benzene rings is 1. The van der Waals surface area contributed by atoms with Crippen molar-refractivity contribution in [3.05, 3.63) is 64.0 Å². The summed E-state index contributed by atoms with van der Waals surface area (Å²) in [6.07, 6.45) is 0. The van der Waals surface area contributed by atoms with Crippen LogP contribution in [0.2, 0.25) is 0 Å². The maximum atomic E-state index is 8.87. The zero-order valence-corrected chi connectivity index (χ0v) is 8.73. The van der Waals surface area contributed by atoms with E-state index >= 15 is 0 Å². The van der Waals surface area contributed by atoms with Crippen molar-refractivity contribution in [2.45, 2.75) is 6.92 Å². The smallest absolute Gasteiger partial charge is 0.214 e. The Bertz CT molecular complexity index is 547. The number of rotatable bonds is 2. The van der Waals surface area contributed by atoms with Crippen molar-refractivity contribution in [3.63, 3.8) is 0 Å². The fraction of sp³-hybridized carbons (Fsp3) is 0.0769. The number of hydrogen-bond donors (Lipinski definition) is 0. The van der Waals surface area contributed by atoms with E-state index < -0.39 is 0 Å². The van der Waals surface area contributed by atoms with E-state index in [4.69, 9.17) is 17.2 Å². The van der Waals surface area contributed by atoms with Crippen LogP contribution < -0.4 is 0 Å². The lowest BCUT2D eigenvalue weighted by molar-refractivity contribution is 1.43. The maximum Gasteiger partial charge on any atom is 0.214 e. The number of hydrogen-bond acceptors (Lipinski definition) is 1. The van der Waals surface area contributed by atoms with Crippen LogP contribution in [0.5, 0.6) is 0 Å². The van der Waals surface area contributed by atoms with Gasteiger partial charge in [0.05, 0.1) is 12.6 Å². The third-order valence-corrected chi connectivity index (χ3v) is 2.06. The second-order valence-electron chi connectivity index (χ2n) is 3.05. The van der Waals surface area contributed by atoms with Gasteiger partial charge in [0, 0.05) is 11.1 Å². The quantitative estimate of drug-likeness (QED) is 0.317. The predicted octanol–water partition coefficient (Wildman–Crippen LogP) is 3.03. The lowest BCUT2D eigenvalue weighted by Crippen LogP contribution is -1.90. The fourth-order valence-electron chi connectivity index (χ4n) is 1.33. The second kappa shape index (κ2) is 5.32. The standard InChI is InChI=1S/C13H8N3/c1-10(8-14)13(12(9-15)16-2)11-6-4-3-5-7-11/h3-7H,1H3/q-1. The molecule has 0 radical (unpaired) electrons. The number of allylic oxidation sites excluding steroid dienone is 2.